The zero-order chi connectivity index (χ0) is 44.8. The van der Waals surface area contributed by atoms with Gasteiger partial charge in [-0.25, -0.2) is 9.59 Å². The molecule has 0 spiro atoms. The number of imide groups is 1. The summed E-state index contributed by atoms with van der Waals surface area (Å²) in [6, 6.07) is 14.1. The molecule has 1 heterocycles. The number of esters is 1. The van der Waals surface area contributed by atoms with Crippen molar-refractivity contribution in [2.45, 2.75) is 101 Å². The van der Waals surface area contributed by atoms with Gasteiger partial charge in [-0.3, -0.25) is 28.9 Å². The van der Waals surface area contributed by atoms with Crippen LogP contribution in [0.4, 0.5) is 15.3 Å². The molecule has 2 aromatic carbocycles. The second kappa shape index (κ2) is 21.6. The average Bonchev–Trinajstić information content (AvgIpc) is 3.42. The van der Waals surface area contributed by atoms with Gasteiger partial charge >= 0.3 is 18.1 Å². The van der Waals surface area contributed by atoms with E-state index >= 15 is 0 Å². The number of carbonyl (C=O) groups is 7. The number of ether oxygens (including phenoxy) is 3. The molecule has 3 rings (SSSR count). The number of nitrogens with one attached hydrogen (secondary N) is 3. The first kappa shape index (κ1) is 48.8. The van der Waals surface area contributed by atoms with Gasteiger partial charge in [0.05, 0.1) is 31.2 Å². The van der Waals surface area contributed by atoms with E-state index in [9.17, 15) is 33.6 Å². The molecule has 328 valence electrons. The highest BCUT2D eigenvalue weighted by atomic mass is 16.6. The van der Waals surface area contributed by atoms with Crippen LogP contribution in [-0.4, -0.2) is 85.5 Å². The largest absolute Gasteiger partial charge is 0.460 e. The highest BCUT2D eigenvalue weighted by molar-refractivity contribution is 6.20. The fraction of sp³-hybridized carbons (Fsp3) is 0.533. The van der Waals surface area contributed by atoms with E-state index < -0.39 is 52.0 Å². The maximum Gasteiger partial charge on any atom is 0.407 e. The topological polar surface area (TPSA) is 213 Å². The predicted octanol–water partition coefficient (Wildman–Crippen LogP) is 5.85. The summed E-state index contributed by atoms with van der Waals surface area (Å²) >= 11 is 0. The monoisotopic (exact) mass is 833 g/mol. The first-order chi connectivity index (χ1) is 28.0. The molecule has 0 aliphatic carbocycles. The summed E-state index contributed by atoms with van der Waals surface area (Å²) in [6.07, 6.45) is -0.411. The van der Waals surface area contributed by atoms with Gasteiger partial charge in [0.15, 0.2) is 5.78 Å². The molecule has 1 aliphatic heterocycles. The molecule has 15 nitrogen and oxygen atoms in total. The highest BCUT2D eigenvalue weighted by Gasteiger charge is 2.46. The fourth-order valence-electron chi connectivity index (χ4n) is 6.47. The van der Waals surface area contributed by atoms with E-state index in [4.69, 9.17) is 19.9 Å². The van der Waals surface area contributed by atoms with E-state index in [0.29, 0.717) is 23.3 Å². The van der Waals surface area contributed by atoms with E-state index in [1.54, 1.807) is 45.0 Å². The number of anilines is 1. The van der Waals surface area contributed by atoms with Crippen molar-refractivity contribution in [1.82, 2.24) is 15.5 Å². The minimum absolute atomic E-state index is 0.0296. The van der Waals surface area contributed by atoms with Crippen molar-refractivity contribution in [3.63, 3.8) is 0 Å². The first-order valence-electron chi connectivity index (χ1n) is 20.3. The third-order valence-corrected chi connectivity index (χ3v) is 9.60. The minimum Gasteiger partial charge on any atom is -0.460 e. The van der Waals surface area contributed by atoms with E-state index in [2.05, 4.69) is 16.0 Å². The number of benzene rings is 2. The number of ketones is 1. The number of carbonyl (C=O) groups excluding carboxylic acids is 7. The van der Waals surface area contributed by atoms with Crippen LogP contribution < -0.4 is 21.7 Å². The van der Waals surface area contributed by atoms with Gasteiger partial charge in [-0.05, 0) is 74.1 Å². The number of Topliss-reactive ketones (excluding diaryl/α,β-unsaturated/α-hetero) is 1. The Hall–Kier alpha value is -5.57. The van der Waals surface area contributed by atoms with Crippen LogP contribution in [0.15, 0.2) is 65.7 Å². The number of nitrogens with zero attached hydrogens (tertiary/aromatic N) is 1. The number of hydrogen-bond acceptors (Lipinski definition) is 10. The molecule has 0 unspecified atom stereocenters. The lowest BCUT2D eigenvalue weighted by Crippen LogP contribution is -2.44. The van der Waals surface area contributed by atoms with Gasteiger partial charge in [0.1, 0.15) is 13.2 Å². The van der Waals surface area contributed by atoms with E-state index in [-0.39, 0.29) is 76.6 Å². The molecule has 0 saturated heterocycles. The summed E-state index contributed by atoms with van der Waals surface area (Å²) in [7, 11) is 0. The maximum atomic E-state index is 13.9. The Bertz CT molecular complexity index is 1840. The highest BCUT2D eigenvalue weighted by Crippen LogP contribution is 2.42. The Balaban J connectivity index is 1.62. The van der Waals surface area contributed by atoms with Gasteiger partial charge in [-0.2, -0.15) is 0 Å². The van der Waals surface area contributed by atoms with Crippen LogP contribution in [0.5, 0.6) is 0 Å². The standard InChI is InChI=1S/C45H63N5O10/c1-43(2,3)35-36(44(4,5)6)39(54)50(38(35)53)22-23-58-24-25-59-42(57)49-33(26-29-14-11-10-12-15-29)34(51)27-31(16-13-21-47-41(46)56)37(52)48-32-19-17-30(18-20-32)28-60-40(55)45(7,8)9/h10-12,14-15,17-20,31,33H,13,16,21-28H2,1-9H3,(H,48,52)(H,49,57)(H3,46,47,56)/t31-,33-/m1/s1. The number of nitrogens with two attached hydrogens (primary N) is 1. The normalized spacial score (nSPS) is 14.4. The number of alkyl carbamates (subject to hydrolysis) is 1. The number of rotatable bonds is 20. The second-order valence-electron chi connectivity index (χ2n) is 18.0. The van der Waals surface area contributed by atoms with Crippen molar-refractivity contribution in [1.29, 1.82) is 0 Å². The fourth-order valence-corrected chi connectivity index (χ4v) is 6.47. The number of hydrogen-bond donors (Lipinski definition) is 4. The minimum atomic E-state index is -1.05. The zero-order valence-electron chi connectivity index (χ0n) is 36.5. The third-order valence-electron chi connectivity index (χ3n) is 9.60. The van der Waals surface area contributed by atoms with Crippen LogP contribution in [0.3, 0.4) is 0 Å². The van der Waals surface area contributed by atoms with Gasteiger partial charge in [0.2, 0.25) is 5.91 Å². The van der Waals surface area contributed by atoms with Crippen molar-refractivity contribution in [2.75, 3.05) is 38.2 Å². The number of primary amides is 1. The Labute approximate surface area is 353 Å². The lowest BCUT2D eigenvalue weighted by Gasteiger charge is -2.25. The van der Waals surface area contributed by atoms with Crippen LogP contribution in [-0.2, 0) is 51.2 Å². The van der Waals surface area contributed by atoms with Crippen molar-refractivity contribution in [3.05, 3.63) is 76.9 Å². The summed E-state index contributed by atoms with van der Waals surface area (Å²) in [5.41, 5.74) is 6.46. The van der Waals surface area contributed by atoms with Crippen LogP contribution in [0.25, 0.3) is 0 Å². The molecular formula is C45H63N5O10. The molecule has 2 aromatic rings. The van der Waals surface area contributed by atoms with Crippen molar-refractivity contribution >= 4 is 47.3 Å². The van der Waals surface area contributed by atoms with Gasteiger partial charge in [-0.1, -0.05) is 84.0 Å². The van der Waals surface area contributed by atoms with E-state index in [0.717, 1.165) is 11.1 Å². The molecule has 0 aromatic heterocycles. The number of urea groups is 1. The summed E-state index contributed by atoms with van der Waals surface area (Å²) in [5.74, 6) is -2.70. The quantitative estimate of drug-likeness (QED) is 0.0710. The van der Waals surface area contributed by atoms with E-state index in [1.165, 1.54) is 4.90 Å². The molecule has 0 radical (unpaired) electrons. The second-order valence-corrected chi connectivity index (χ2v) is 18.0. The van der Waals surface area contributed by atoms with Crippen LogP contribution in [0, 0.1) is 22.2 Å². The molecule has 1 aliphatic rings. The van der Waals surface area contributed by atoms with Crippen LogP contribution in [0.2, 0.25) is 0 Å². The average molecular weight is 834 g/mol. The Morgan fingerprint density at radius 3 is 1.90 bits per heavy atom. The van der Waals surface area contributed by atoms with Gasteiger partial charge < -0.3 is 35.9 Å². The molecule has 2 atom stereocenters. The van der Waals surface area contributed by atoms with Gasteiger partial charge in [0, 0.05) is 35.7 Å². The van der Waals surface area contributed by atoms with Gasteiger partial charge in [-0.15, -0.1) is 0 Å². The molecule has 0 saturated carbocycles. The van der Waals surface area contributed by atoms with E-state index in [1.807, 2.05) is 71.9 Å². The lowest BCUT2D eigenvalue weighted by atomic mass is 9.76. The molecule has 60 heavy (non-hydrogen) atoms. The summed E-state index contributed by atoms with van der Waals surface area (Å²) in [4.78, 5) is 91.8. The Kier molecular flexibility index (Phi) is 17.6. The molecular weight excluding hydrogens is 771 g/mol. The predicted molar refractivity (Wildman–Crippen MR) is 226 cm³/mol. The summed E-state index contributed by atoms with van der Waals surface area (Å²) in [5, 5.41) is 7.99. The molecule has 0 bridgehead atoms. The SMILES string of the molecule is CC(C)(C)C(=O)OCc1ccc(NC(=O)[C@H](CCCNC(N)=O)CC(=O)[C@@H](Cc2ccccc2)NC(=O)OCCOCCN2C(=O)C(C(C)(C)C)=C(C(C)(C)C)C2=O)cc1. The third kappa shape index (κ3) is 15.2. The van der Waals surface area contributed by atoms with Gasteiger partial charge in [0.25, 0.3) is 11.8 Å². The smallest absolute Gasteiger partial charge is 0.407 e. The van der Waals surface area contributed by atoms with Crippen molar-refractivity contribution in [3.8, 4) is 0 Å². The van der Waals surface area contributed by atoms with Crippen LogP contribution >= 0.6 is 0 Å². The van der Waals surface area contributed by atoms with Crippen LogP contribution in [0.1, 0.15) is 92.7 Å². The Morgan fingerprint density at radius 2 is 1.35 bits per heavy atom. The lowest BCUT2D eigenvalue weighted by molar-refractivity contribution is -0.154. The molecule has 15 heteroatoms. The molecule has 5 N–H and O–H groups in total. The van der Waals surface area contributed by atoms with Crippen molar-refractivity contribution < 1.29 is 47.8 Å². The Morgan fingerprint density at radius 1 is 0.750 bits per heavy atom. The first-order valence-corrected chi connectivity index (χ1v) is 20.3. The zero-order valence-corrected chi connectivity index (χ0v) is 36.5. The maximum absolute atomic E-state index is 13.9. The number of amides is 6. The summed E-state index contributed by atoms with van der Waals surface area (Å²) in [6.45, 7) is 16.8. The molecule has 0 fully saturated rings. The summed E-state index contributed by atoms with van der Waals surface area (Å²) < 4.78 is 16.3. The molecule has 6 amide bonds. The van der Waals surface area contributed by atoms with Crippen molar-refractivity contribution in [2.24, 2.45) is 27.9 Å².